The molecule has 3 heterocycles. The molecule has 24 heavy (non-hydrogen) atoms. The zero-order chi connectivity index (χ0) is 16.8. The van der Waals surface area contributed by atoms with Crippen LogP contribution in [0.2, 0.25) is 5.02 Å². The Kier molecular flexibility index (Phi) is 3.51. The Hall–Kier alpha value is -2.44. The molecule has 0 saturated carbocycles. The molecule has 0 radical (unpaired) electrons. The summed E-state index contributed by atoms with van der Waals surface area (Å²) in [6, 6.07) is 6.73. The highest BCUT2D eigenvalue weighted by Crippen LogP contribution is 2.36. The van der Waals surface area contributed by atoms with Crippen LogP contribution in [0.15, 0.2) is 39.8 Å². The summed E-state index contributed by atoms with van der Waals surface area (Å²) in [6.45, 7) is 3.83. The molecule has 0 aliphatic carbocycles. The summed E-state index contributed by atoms with van der Waals surface area (Å²) in [5.41, 5.74) is 0.810. The standard InChI is InChI=1S/C17H11ClN2O3S/c1-8-3-15(21)22-13-6-14(12(18)5-10(8)13)23-16-11-4-9(2)24-17(11)20-7-19-16/h3-7H,1-2H3. The SMILES string of the molecule is Cc1cc2c(Oc3cc4oc(=O)cc(C)c4cc3Cl)ncnc2s1. The summed E-state index contributed by atoms with van der Waals surface area (Å²) in [4.78, 5) is 22.0. The lowest BCUT2D eigenvalue weighted by Gasteiger charge is -2.09. The highest BCUT2D eigenvalue weighted by atomic mass is 35.5. The van der Waals surface area contributed by atoms with Crippen molar-refractivity contribution in [1.29, 1.82) is 0 Å². The molecule has 0 atom stereocenters. The van der Waals surface area contributed by atoms with Crippen molar-refractivity contribution in [3.63, 3.8) is 0 Å². The van der Waals surface area contributed by atoms with Crippen LogP contribution < -0.4 is 10.4 Å². The molecule has 0 bridgehead atoms. The first-order valence-corrected chi connectivity index (χ1v) is 8.34. The van der Waals surface area contributed by atoms with E-state index >= 15 is 0 Å². The number of nitrogens with zero attached hydrogens (tertiary/aromatic N) is 2. The zero-order valence-corrected chi connectivity index (χ0v) is 14.4. The van der Waals surface area contributed by atoms with Crippen molar-refractivity contribution >= 4 is 44.1 Å². The lowest BCUT2D eigenvalue weighted by Crippen LogP contribution is -1.98. The minimum atomic E-state index is -0.411. The number of hydrogen-bond acceptors (Lipinski definition) is 6. The van der Waals surface area contributed by atoms with Gasteiger partial charge in [-0.15, -0.1) is 11.3 Å². The molecular formula is C17H11ClN2O3S. The predicted molar refractivity (Wildman–Crippen MR) is 94.5 cm³/mol. The van der Waals surface area contributed by atoms with E-state index in [4.69, 9.17) is 20.8 Å². The van der Waals surface area contributed by atoms with Crippen LogP contribution in [0, 0.1) is 13.8 Å². The number of halogens is 1. The molecule has 0 fully saturated rings. The van der Waals surface area contributed by atoms with Gasteiger partial charge in [0.15, 0.2) is 5.75 Å². The summed E-state index contributed by atoms with van der Waals surface area (Å²) >= 11 is 7.90. The van der Waals surface area contributed by atoms with E-state index in [0.717, 1.165) is 26.0 Å². The first-order valence-electron chi connectivity index (χ1n) is 7.14. The Morgan fingerprint density at radius 3 is 2.79 bits per heavy atom. The molecule has 0 N–H and O–H groups in total. The second-order valence-electron chi connectivity index (χ2n) is 5.38. The van der Waals surface area contributed by atoms with Gasteiger partial charge in [0.25, 0.3) is 0 Å². The Morgan fingerprint density at radius 1 is 1.12 bits per heavy atom. The van der Waals surface area contributed by atoms with Crippen LogP contribution in [0.1, 0.15) is 10.4 Å². The molecule has 5 nitrogen and oxygen atoms in total. The second kappa shape index (κ2) is 5.58. The van der Waals surface area contributed by atoms with Gasteiger partial charge in [-0.3, -0.25) is 0 Å². The summed E-state index contributed by atoms with van der Waals surface area (Å²) in [5, 5.41) is 2.01. The number of benzene rings is 1. The summed E-state index contributed by atoms with van der Waals surface area (Å²) in [6.07, 6.45) is 1.45. The van der Waals surface area contributed by atoms with E-state index in [1.807, 2.05) is 19.9 Å². The maximum Gasteiger partial charge on any atom is 0.336 e. The van der Waals surface area contributed by atoms with Crippen LogP contribution in [-0.2, 0) is 0 Å². The number of thiophene rings is 1. The molecule has 3 aromatic heterocycles. The summed E-state index contributed by atoms with van der Waals surface area (Å²) < 4.78 is 11.1. The quantitative estimate of drug-likeness (QED) is 0.479. The highest BCUT2D eigenvalue weighted by Gasteiger charge is 2.13. The topological polar surface area (TPSA) is 65.2 Å². The number of ether oxygens (including phenoxy) is 1. The molecule has 7 heteroatoms. The third-order valence-electron chi connectivity index (χ3n) is 3.63. The number of aromatic nitrogens is 2. The molecule has 0 spiro atoms. The van der Waals surface area contributed by atoms with Crippen LogP contribution in [-0.4, -0.2) is 9.97 Å². The van der Waals surface area contributed by atoms with Crippen LogP contribution in [0.4, 0.5) is 0 Å². The van der Waals surface area contributed by atoms with Crippen molar-refractivity contribution in [2.75, 3.05) is 0 Å². The van der Waals surface area contributed by atoms with Crippen molar-refractivity contribution in [1.82, 2.24) is 9.97 Å². The Labute approximate surface area is 145 Å². The smallest absolute Gasteiger partial charge is 0.336 e. The lowest BCUT2D eigenvalue weighted by atomic mass is 10.1. The summed E-state index contributed by atoms with van der Waals surface area (Å²) in [7, 11) is 0. The monoisotopic (exact) mass is 358 g/mol. The first-order chi connectivity index (χ1) is 11.5. The van der Waals surface area contributed by atoms with Crippen molar-refractivity contribution in [2.45, 2.75) is 13.8 Å². The van der Waals surface area contributed by atoms with Gasteiger partial charge in [0.05, 0.1) is 10.4 Å². The molecule has 4 aromatic rings. The average molecular weight is 359 g/mol. The van der Waals surface area contributed by atoms with Crippen molar-refractivity contribution in [3.8, 4) is 11.6 Å². The third kappa shape index (κ3) is 2.53. The maximum atomic E-state index is 11.6. The fourth-order valence-corrected chi connectivity index (χ4v) is 3.58. The van der Waals surface area contributed by atoms with Gasteiger partial charge in [-0.2, -0.15) is 0 Å². The molecule has 120 valence electrons. The Balaban J connectivity index is 1.87. The van der Waals surface area contributed by atoms with E-state index in [9.17, 15) is 4.79 Å². The van der Waals surface area contributed by atoms with Gasteiger partial charge in [-0.25, -0.2) is 14.8 Å². The van der Waals surface area contributed by atoms with Gasteiger partial charge in [-0.1, -0.05) is 11.6 Å². The average Bonchev–Trinajstić information content (AvgIpc) is 2.90. The fraction of sp³-hybridized carbons (Fsp3) is 0.118. The predicted octanol–water partition coefficient (Wildman–Crippen LogP) is 4.86. The fourth-order valence-electron chi connectivity index (χ4n) is 2.54. The van der Waals surface area contributed by atoms with Crippen LogP contribution >= 0.6 is 22.9 Å². The van der Waals surface area contributed by atoms with E-state index in [-0.39, 0.29) is 0 Å². The van der Waals surface area contributed by atoms with Gasteiger partial charge in [0.1, 0.15) is 16.7 Å². The number of hydrogen-bond donors (Lipinski definition) is 0. The second-order valence-corrected chi connectivity index (χ2v) is 7.03. The van der Waals surface area contributed by atoms with Crippen LogP contribution in [0.3, 0.4) is 0 Å². The molecule has 0 unspecified atom stereocenters. The van der Waals surface area contributed by atoms with E-state index in [1.165, 1.54) is 12.4 Å². The normalized spacial score (nSPS) is 11.3. The maximum absolute atomic E-state index is 11.6. The van der Waals surface area contributed by atoms with Gasteiger partial charge in [0, 0.05) is 22.4 Å². The van der Waals surface area contributed by atoms with Gasteiger partial charge < -0.3 is 9.15 Å². The number of fused-ring (bicyclic) bond motifs is 2. The van der Waals surface area contributed by atoms with E-state index in [0.29, 0.717) is 22.2 Å². The van der Waals surface area contributed by atoms with Crippen LogP contribution in [0.25, 0.3) is 21.2 Å². The molecule has 0 amide bonds. The van der Waals surface area contributed by atoms with Crippen molar-refractivity contribution in [2.24, 2.45) is 0 Å². The van der Waals surface area contributed by atoms with Crippen molar-refractivity contribution < 1.29 is 9.15 Å². The zero-order valence-electron chi connectivity index (χ0n) is 12.8. The Morgan fingerprint density at radius 2 is 1.96 bits per heavy atom. The highest BCUT2D eigenvalue weighted by molar-refractivity contribution is 7.18. The molecule has 0 aliphatic heterocycles. The number of aryl methyl sites for hydroxylation is 2. The number of rotatable bonds is 2. The van der Waals surface area contributed by atoms with Gasteiger partial charge in [-0.05, 0) is 31.5 Å². The van der Waals surface area contributed by atoms with Gasteiger partial charge in [0.2, 0.25) is 5.88 Å². The van der Waals surface area contributed by atoms with E-state index < -0.39 is 5.63 Å². The molecule has 1 aromatic carbocycles. The minimum absolute atomic E-state index is 0.377. The van der Waals surface area contributed by atoms with E-state index in [1.54, 1.807) is 23.5 Å². The molecular weight excluding hydrogens is 348 g/mol. The van der Waals surface area contributed by atoms with Crippen LogP contribution in [0.5, 0.6) is 11.6 Å². The van der Waals surface area contributed by atoms with Crippen molar-refractivity contribution in [3.05, 3.63) is 56.5 Å². The lowest BCUT2D eigenvalue weighted by molar-refractivity contribution is 0.467. The molecule has 0 aliphatic rings. The Bertz CT molecular complexity index is 1150. The third-order valence-corrected chi connectivity index (χ3v) is 4.88. The molecule has 4 rings (SSSR count). The largest absolute Gasteiger partial charge is 0.437 e. The summed E-state index contributed by atoms with van der Waals surface area (Å²) in [5.74, 6) is 0.794. The van der Waals surface area contributed by atoms with E-state index in [2.05, 4.69) is 9.97 Å². The van der Waals surface area contributed by atoms with Gasteiger partial charge >= 0.3 is 5.63 Å². The minimum Gasteiger partial charge on any atom is -0.437 e. The first kappa shape index (κ1) is 15.1. The molecule has 0 saturated heterocycles.